The number of anilines is 1. The molecule has 0 atom stereocenters. The monoisotopic (exact) mass is 520 g/mol. The number of fused-ring (bicyclic) bond motifs is 1. The molecule has 0 spiro atoms. The molecule has 0 saturated heterocycles. The molecule has 1 fully saturated rings. The highest BCUT2D eigenvalue weighted by Gasteiger charge is 2.32. The molecule has 0 radical (unpaired) electrons. The molecule has 8 nitrogen and oxygen atoms in total. The number of hydrogen-bond donors (Lipinski definition) is 2. The molecule has 1 saturated carbocycles. The average molecular weight is 521 g/mol. The van der Waals surface area contributed by atoms with Crippen LogP contribution in [-0.2, 0) is 16.8 Å². The molecule has 1 aromatic heterocycles. The number of unbranched alkanes of at least 4 members (excludes halogenated alkanes) is 1. The van der Waals surface area contributed by atoms with Crippen LogP contribution in [-0.4, -0.2) is 59.3 Å². The van der Waals surface area contributed by atoms with Crippen LogP contribution in [0, 0.1) is 5.41 Å². The second kappa shape index (κ2) is 11.1. The van der Waals surface area contributed by atoms with Gasteiger partial charge in [-0.15, -0.1) is 0 Å². The number of nitrogens with one attached hydrogen (secondary N) is 1. The lowest BCUT2D eigenvalue weighted by atomic mass is 9.84. The fraction of sp³-hybridized carbons (Fsp3) is 0.533. The van der Waals surface area contributed by atoms with Gasteiger partial charge in [0.2, 0.25) is 0 Å². The highest BCUT2D eigenvalue weighted by Crippen LogP contribution is 2.41. The lowest BCUT2D eigenvalue weighted by molar-refractivity contribution is -0.137. The van der Waals surface area contributed by atoms with Gasteiger partial charge in [0.15, 0.2) is 5.78 Å². The summed E-state index contributed by atoms with van der Waals surface area (Å²) in [6.07, 6.45) is 3.64. The van der Waals surface area contributed by atoms with Crippen molar-refractivity contribution in [2.24, 2.45) is 0 Å². The van der Waals surface area contributed by atoms with Crippen LogP contribution in [0.15, 0.2) is 24.3 Å². The fourth-order valence-electron chi connectivity index (χ4n) is 4.77. The van der Waals surface area contributed by atoms with Crippen molar-refractivity contribution < 1.29 is 19.4 Å². The maximum Gasteiger partial charge on any atom is 0.303 e. The Hall–Kier alpha value is -3.42. The first-order valence-electron chi connectivity index (χ1n) is 13.6. The van der Waals surface area contributed by atoms with E-state index >= 15 is 0 Å². The lowest BCUT2D eigenvalue weighted by Crippen LogP contribution is -2.31. The molecule has 0 unspecified atom stereocenters. The zero-order valence-electron chi connectivity index (χ0n) is 23.3. The number of aliphatic carboxylic acids is 1. The van der Waals surface area contributed by atoms with E-state index < -0.39 is 5.97 Å². The first kappa shape index (κ1) is 27.6. The van der Waals surface area contributed by atoms with Crippen molar-refractivity contribution in [3.8, 4) is 5.75 Å². The molecule has 2 aliphatic rings. The number of carboxylic acid groups (broad SMARTS) is 1. The molecule has 0 bridgehead atoms. The molecule has 38 heavy (non-hydrogen) atoms. The number of carbonyl (C=O) groups is 2. The minimum absolute atomic E-state index is 0.0470. The van der Waals surface area contributed by atoms with E-state index in [1.165, 1.54) is 0 Å². The number of carbonyl (C=O) groups excluding carboxylic acids is 1. The van der Waals surface area contributed by atoms with Crippen LogP contribution in [0.4, 0.5) is 5.69 Å². The Bertz CT molecular complexity index is 1230. The zero-order valence-corrected chi connectivity index (χ0v) is 23.3. The Morgan fingerprint density at radius 3 is 2.58 bits per heavy atom. The van der Waals surface area contributed by atoms with Crippen molar-refractivity contribution in [1.82, 2.24) is 9.88 Å². The van der Waals surface area contributed by atoms with Crippen LogP contribution in [0.1, 0.15) is 98.6 Å². The maximum absolute atomic E-state index is 13.6. The first-order chi connectivity index (χ1) is 18.0. The third kappa shape index (κ3) is 6.17. The molecular formula is C30H40N4O4. The van der Waals surface area contributed by atoms with E-state index in [-0.39, 0.29) is 24.2 Å². The quantitative estimate of drug-likeness (QED) is 0.286. The topological polar surface area (TPSA) is 107 Å². The number of Topliss-reactive ketones (excluding diaryl/α,β-unsaturated/α-hetero) is 1. The Morgan fingerprint density at radius 1 is 1.21 bits per heavy atom. The van der Waals surface area contributed by atoms with Crippen LogP contribution in [0.5, 0.6) is 5.75 Å². The predicted molar refractivity (Wildman–Crippen MR) is 149 cm³/mol. The number of rotatable bonds is 12. The van der Waals surface area contributed by atoms with Crippen molar-refractivity contribution in [3.63, 3.8) is 0 Å². The molecule has 2 aromatic rings. The molecule has 1 aliphatic carbocycles. The molecule has 8 heteroatoms. The second-order valence-electron chi connectivity index (χ2n) is 11.5. The third-order valence-corrected chi connectivity index (χ3v) is 7.35. The van der Waals surface area contributed by atoms with Gasteiger partial charge in [-0.1, -0.05) is 26.8 Å². The summed E-state index contributed by atoms with van der Waals surface area (Å²) in [5, 5.41) is 17.6. The van der Waals surface area contributed by atoms with Crippen LogP contribution >= 0.6 is 0 Å². The van der Waals surface area contributed by atoms with Gasteiger partial charge in [0, 0.05) is 54.9 Å². The van der Waals surface area contributed by atoms with E-state index in [4.69, 9.17) is 20.2 Å². The summed E-state index contributed by atoms with van der Waals surface area (Å²) in [7, 11) is 1.98. The molecule has 1 aromatic carbocycles. The smallest absolute Gasteiger partial charge is 0.303 e. The minimum Gasteiger partial charge on any atom is -0.491 e. The molecule has 204 valence electrons. The number of benzene rings is 1. The van der Waals surface area contributed by atoms with Crippen LogP contribution < -0.4 is 9.64 Å². The Balaban J connectivity index is 1.57. The number of nitrogens with zero attached hydrogens (tertiary/aromatic N) is 3. The van der Waals surface area contributed by atoms with Crippen molar-refractivity contribution in [1.29, 1.82) is 5.41 Å². The summed E-state index contributed by atoms with van der Waals surface area (Å²) in [6.45, 7) is 10.1. The number of ketones is 1. The summed E-state index contributed by atoms with van der Waals surface area (Å²) >= 11 is 0. The number of pyridine rings is 1. The van der Waals surface area contributed by atoms with Gasteiger partial charge in [-0.25, -0.2) is 4.98 Å². The second-order valence-corrected chi connectivity index (χ2v) is 11.5. The zero-order chi connectivity index (χ0) is 27.6. The summed E-state index contributed by atoms with van der Waals surface area (Å²) < 4.78 is 6.26. The molecule has 2 heterocycles. The number of carboxylic acids is 1. The summed E-state index contributed by atoms with van der Waals surface area (Å²) in [5.74, 6) is 0.731. The number of amidine groups is 1. The Kier molecular flexibility index (Phi) is 8.09. The Morgan fingerprint density at radius 2 is 1.95 bits per heavy atom. The number of hydrogen-bond acceptors (Lipinski definition) is 6. The maximum atomic E-state index is 13.6. The van der Waals surface area contributed by atoms with Gasteiger partial charge in [0.05, 0.1) is 18.8 Å². The van der Waals surface area contributed by atoms with Crippen molar-refractivity contribution >= 4 is 23.3 Å². The summed E-state index contributed by atoms with van der Waals surface area (Å²) in [5.41, 5.74) is 4.86. The van der Waals surface area contributed by atoms with Gasteiger partial charge in [0.25, 0.3) is 0 Å². The molecular weight excluding hydrogens is 480 g/mol. The minimum atomic E-state index is -0.803. The van der Waals surface area contributed by atoms with Gasteiger partial charge < -0.3 is 19.6 Å². The van der Waals surface area contributed by atoms with E-state index in [0.29, 0.717) is 49.0 Å². The van der Waals surface area contributed by atoms with Gasteiger partial charge in [-0.3, -0.25) is 15.0 Å². The fourth-order valence-corrected chi connectivity index (χ4v) is 4.77. The highest BCUT2D eigenvalue weighted by atomic mass is 16.5. The lowest BCUT2D eigenvalue weighted by Gasteiger charge is -2.29. The third-order valence-electron chi connectivity index (χ3n) is 7.35. The standard InChI is InChI=1S/C30H40N4O4/c1-6-33(5)24-16-21(15-22(30(2,3)4)28(24)38-14-8-7-9-26(36)37)25(35)18-34-17-20-12-13-23(19-10-11-19)32-27(20)29(34)31/h12-13,15-16,19,31H,6-11,14,17-18H2,1-5H3,(H,36,37). The van der Waals surface area contributed by atoms with Gasteiger partial charge in [-0.05, 0) is 56.2 Å². The van der Waals surface area contributed by atoms with Crippen molar-refractivity contribution in [3.05, 3.63) is 52.3 Å². The highest BCUT2D eigenvalue weighted by molar-refractivity contribution is 6.05. The van der Waals surface area contributed by atoms with E-state index in [1.54, 1.807) is 0 Å². The molecule has 4 rings (SSSR count). The van der Waals surface area contributed by atoms with Crippen LogP contribution in [0.3, 0.4) is 0 Å². The summed E-state index contributed by atoms with van der Waals surface area (Å²) in [6, 6.07) is 7.95. The average Bonchev–Trinajstić information content (AvgIpc) is 3.67. The number of aromatic nitrogens is 1. The van der Waals surface area contributed by atoms with Gasteiger partial charge >= 0.3 is 5.97 Å². The van der Waals surface area contributed by atoms with Crippen molar-refractivity contribution in [2.75, 3.05) is 31.6 Å². The van der Waals surface area contributed by atoms with E-state index in [2.05, 4.69) is 37.8 Å². The van der Waals surface area contributed by atoms with Crippen LogP contribution in [0.25, 0.3) is 0 Å². The predicted octanol–water partition coefficient (Wildman–Crippen LogP) is 5.37. The molecule has 2 N–H and O–H groups in total. The van der Waals surface area contributed by atoms with Gasteiger partial charge in [-0.2, -0.15) is 0 Å². The van der Waals surface area contributed by atoms with E-state index in [1.807, 2.05) is 31.0 Å². The first-order valence-corrected chi connectivity index (χ1v) is 13.6. The number of ether oxygens (including phenoxy) is 1. The van der Waals surface area contributed by atoms with Crippen molar-refractivity contribution in [2.45, 2.75) is 77.7 Å². The largest absolute Gasteiger partial charge is 0.491 e. The van der Waals surface area contributed by atoms with E-state index in [0.717, 1.165) is 47.6 Å². The Labute approximate surface area is 225 Å². The normalized spacial score (nSPS) is 15.0. The van der Waals surface area contributed by atoms with Crippen LogP contribution in [0.2, 0.25) is 0 Å². The SMILES string of the molecule is CCN(C)c1cc(C(=O)CN2Cc3ccc(C4CC4)nc3C2=N)cc(C(C)(C)C)c1OCCCCC(=O)O. The summed E-state index contributed by atoms with van der Waals surface area (Å²) in [4.78, 5) is 33.1. The van der Waals surface area contributed by atoms with Gasteiger partial charge in [0.1, 0.15) is 17.3 Å². The molecule has 0 amide bonds. The van der Waals surface area contributed by atoms with E-state index in [9.17, 15) is 9.59 Å². The molecule has 1 aliphatic heterocycles.